The van der Waals surface area contributed by atoms with E-state index in [-0.39, 0.29) is 53.3 Å². The molecule has 9 nitrogen and oxygen atoms in total. The number of Topliss-reactive ketones (excluding diaryl/α,β-unsaturated/α-hetero) is 1. The van der Waals surface area contributed by atoms with Crippen LogP contribution in [0, 0.1) is 45.6 Å². The molecular formula is C35H53NO8. The van der Waals surface area contributed by atoms with Crippen LogP contribution in [0.4, 0.5) is 0 Å². The van der Waals surface area contributed by atoms with Crippen molar-refractivity contribution >= 4 is 17.7 Å². The molecule has 1 saturated heterocycles. The van der Waals surface area contributed by atoms with E-state index in [1.54, 1.807) is 13.8 Å². The fourth-order valence-corrected chi connectivity index (χ4v) is 5.58. The zero-order valence-electron chi connectivity index (χ0n) is 27.9. The third kappa shape index (κ3) is 13.5. The predicted molar refractivity (Wildman–Crippen MR) is 172 cm³/mol. The largest absolute Gasteiger partial charge is 0.466 e. The minimum absolute atomic E-state index is 0.0370. The highest BCUT2D eigenvalue weighted by Gasteiger charge is 2.37. The van der Waals surface area contributed by atoms with Crippen LogP contribution in [0.5, 0.6) is 0 Å². The van der Waals surface area contributed by atoms with Gasteiger partial charge in [0.1, 0.15) is 11.9 Å². The Balaban J connectivity index is 2.75. The molecule has 8 atom stereocenters. The number of nitro groups is 1. The van der Waals surface area contributed by atoms with E-state index in [1.165, 1.54) is 13.2 Å². The fourth-order valence-electron chi connectivity index (χ4n) is 5.58. The monoisotopic (exact) mass is 615 g/mol. The van der Waals surface area contributed by atoms with Gasteiger partial charge in [-0.25, -0.2) is 4.79 Å². The Morgan fingerprint density at radius 3 is 2.41 bits per heavy atom. The van der Waals surface area contributed by atoms with Crippen molar-refractivity contribution in [3.63, 3.8) is 0 Å². The maximum Gasteiger partial charge on any atom is 0.330 e. The smallest absolute Gasteiger partial charge is 0.330 e. The second-order valence-electron chi connectivity index (χ2n) is 12.4. The number of hydrogen-bond donors (Lipinski definition) is 1. The van der Waals surface area contributed by atoms with Gasteiger partial charge in [0.25, 0.3) is 0 Å². The van der Waals surface area contributed by atoms with E-state index >= 15 is 0 Å². The molecule has 0 amide bonds. The van der Waals surface area contributed by atoms with Crippen molar-refractivity contribution in [1.82, 2.24) is 0 Å². The van der Waals surface area contributed by atoms with E-state index in [9.17, 15) is 29.6 Å². The number of carbonyl (C=O) groups excluding carboxylic acids is 3. The SMILES string of the molecule is CCC(=C/[C@H](C)C/C=C/C(C)=C/[C@@H](C)C(=O)[C@@H](C)[C@H](O)[C@@H](C)C/C(C)=C/C(=O)OC)/C=C/[C@H]1OC(=O)CC(C[N+](=O)[O-])[C@@H]1C. The number of cyclic esters (lactones) is 1. The summed E-state index contributed by atoms with van der Waals surface area (Å²) in [6, 6.07) is 0. The molecule has 0 saturated carbocycles. The molecule has 0 aromatic carbocycles. The number of carbonyl (C=O) groups is 3. The van der Waals surface area contributed by atoms with Gasteiger partial charge in [-0.3, -0.25) is 19.7 Å². The minimum Gasteiger partial charge on any atom is -0.466 e. The van der Waals surface area contributed by atoms with E-state index in [1.807, 2.05) is 52.0 Å². The number of nitrogens with zero attached hydrogens (tertiary/aromatic N) is 1. The lowest BCUT2D eigenvalue weighted by molar-refractivity contribution is -0.490. The Kier molecular flexibility index (Phi) is 16.8. The Hall–Kier alpha value is -3.33. The van der Waals surface area contributed by atoms with Gasteiger partial charge >= 0.3 is 11.9 Å². The quantitative estimate of drug-likeness (QED) is 0.0636. The highest BCUT2D eigenvalue weighted by Crippen LogP contribution is 2.29. The van der Waals surface area contributed by atoms with E-state index in [4.69, 9.17) is 4.74 Å². The van der Waals surface area contributed by atoms with Gasteiger partial charge in [0, 0.05) is 34.7 Å². The lowest BCUT2D eigenvalue weighted by atomic mass is 9.83. The summed E-state index contributed by atoms with van der Waals surface area (Å²) in [6.45, 7) is 15.0. The van der Waals surface area contributed by atoms with Gasteiger partial charge in [-0.05, 0) is 51.0 Å². The van der Waals surface area contributed by atoms with Crippen molar-refractivity contribution in [2.45, 2.75) is 93.3 Å². The molecule has 1 fully saturated rings. The molecule has 0 aromatic rings. The Morgan fingerprint density at radius 2 is 1.82 bits per heavy atom. The van der Waals surface area contributed by atoms with Crippen molar-refractivity contribution in [3.8, 4) is 0 Å². The molecule has 0 spiro atoms. The number of rotatable bonds is 17. The number of methoxy groups -OCH3 is 1. The molecule has 0 aliphatic carbocycles. The van der Waals surface area contributed by atoms with Gasteiger partial charge in [0.05, 0.1) is 19.6 Å². The highest BCUT2D eigenvalue weighted by molar-refractivity contribution is 5.85. The van der Waals surface area contributed by atoms with Crippen LogP contribution in [-0.4, -0.2) is 53.6 Å². The molecule has 1 aliphatic rings. The van der Waals surface area contributed by atoms with Crippen LogP contribution in [0.3, 0.4) is 0 Å². The molecule has 1 aliphatic heterocycles. The third-order valence-corrected chi connectivity index (χ3v) is 8.35. The summed E-state index contributed by atoms with van der Waals surface area (Å²) < 4.78 is 10.1. The van der Waals surface area contributed by atoms with Crippen LogP contribution in [0.1, 0.15) is 81.1 Å². The van der Waals surface area contributed by atoms with Crippen LogP contribution in [0.2, 0.25) is 0 Å². The lowest BCUT2D eigenvalue weighted by Gasteiger charge is -2.31. The second-order valence-corrected chi connectivity index (χ2v) is 12.4. The molecule has 1 heterocycles. The molecule has 1 unspecified atom stereocenters. The zero-order chi connectivity index (χ0) is 33.6. The molecule has 0 aromatic heterocycles. The number of ether oxygens (including phenoxy) is 2. The summed E-state index contributed by atoms with van der Waals surface area (Å²) >= 11 is 0. The molecule has 44 heavy (non-hydrogen) atoms. The van der Waals surface area contributed by atoms with Crippen molar-refractivity contribution in [2.75, 3.05) is 13.7 Å². The number of aliphatic hydroxyl groups is 1. The summed E-state index contributed by atoms with van der Waals surface area (Å²) in [5.41, 5.74) is 2.84. The molecule has 9 heteroatoms. The first-order valence-electron chi connectivity index (χ1n) is 15.6. The van der Waals surface area contributed by atoms with Gasteiger partial charge in [0.2, 0.25) is 6.54 Å². The van der Waals surface area contributed by atoms with Gasteiger partial charge in [-0.15, -0.1) is 0 Å². The maximum atomic E-state index is 13.1. The first-order chi connectivity index (χ1) is 20.6. The summed E-state index contributed by atoms with van der Waals surface area (Å²) in [4.78, 5) is 47.1. The molecule has 246 valence electrons. The van der Waals surface area contributed by atoms with Crippen LogP contribution < -0.4 is 0 Å². The van der Waals surface area contributed by atoms with Crippen LogP contribution in [0.25, 0.3) is 0 Å². The number of esters is 2. The van der Waals surface area contributed by atoms with Gasteiger partial charge < -0.3 is 14.6 Å². The highest BCUT2D eigenvalue weighted by atomic mass is 16.6. The fraction of sp³-hybridized carbons (Fsp3) is 0.629. The molecule has 1 N–H and O–H groups in total. The Morgan fingerprint density at radius 1 is 1.16 bits per heavy atom. The standard InChI is InChI=1S/C35H53NO8/c1-10-29(14-15-31-27(7)30(21-36(41)42)20-33(38)44-31)18-23(3)13-11-12-22(2)16-25(5)34(39)28(8)35(40)26(6)17-24(4)19-32(37)43-9/h11-12,14-16,18-19,23,25-28,30-31,35,40H,10,13,17,20-21H2,1-9H3/b12-11+,15-14+,22-16+,24-19+,29-18-/t23-,25-,26+,27+,28-,30?,31-,35-/m1/s1. The lowest BCUT2D eigenvalue weighted by Crippen LogP contribution is -2.39. The first kappa shape index (κ1) is 38.7. The van der Waals surface area contributed by atoms with Gasteiger partial charge in [0.15, 0.2) is 0 Å². The zero-order valence-corrected chi connectivity index (χ0v) is 27.9. The van der Waals surface area contributed by atoms with Crippen molar-refractivity contribution in [1.29, 1.82) is 0 Å². The summed E-state index contributed by atoms with van der Waals surface area (Å²) in [6.07, 6.45) is 14.2. The number of hydrogen-bond acceptors (Lipinski definition) is 8. The van der Waals surface area contributed by atoms with Crippen molar-refractivity contribution in [2.24, 2.45) is 35.5 Å². The molecule has 0 bridgehead atoms. The summed E-state index contributed by atoms with van der Waals surface area (Å²) in [7, 11) is 1.32. The van der Waals surface area contributed by atoms with E-state index in [0.717, 1.165) is 29.6 Å². The average molecular weight is 616 g/mol. The number of ketones is 1. The predicted octanol–water partition coefficient (Wildman–Crippen LogP) is 6.60. The molecule has 1 rings (SSSR count). The van der Waals surface area contributed by atoms with E-state index in [0.29, 0.717) is 6.42 Å². The third-order valence-electron chi connectivity index (χ3n) is 8.35. The first-order valence-corrected chi connectivity index (χ1v) is 15.6. The summed E-state index contributed by atoms with van der Waals surface area (Å²) in [5, 5.41) is 21.8. The van der Waals surface area contributed by atoms with Gasteiger partial charge in [-0.1, -0.05) is 88.6 Å². The normalized spacial score (nSPS) is 23.6. The van der Waals surface area contributed by atoms with Crippen molar-refractivity contribution < 1.29 is 33.9 Å². The van der Waals surface area contributed by atoms with Crippen LogP contribution in [0.15, 0.2) is 59.3 Å². The van der Waals surface area contributed by atoms with Crippen LogP contribution in [-0.2, 0) is 23.9 Å². The average Bonchev–Trinajstić information content (AvgIpc) is 2.95. The van der Waals surface area contributed by atoms with E-state index in [2.05, 4.69) is 30.7 Å². The molecule has 0 radical (unpaired) electrons. The Labute approximate surface area is 263 Å². The Bertz CT molecular complexity index is 1150. The number of aliphatic hydroxyl groups excluding tert-OH is 1. The van der Waals surface area contributed by atoms with E-state index < -0.39 is 30.1 Å². The van der Waals surface area contributed by atoms with Crippen LogP contribution >= 0.6 is 0 Å². The van der Waals surface area contributed by atoms with Gasteiger partial charge in [-0.2, -0.15) is 0 Å². The second kappa shape index (κ2) is 19.1. The maximum absolute atomic E-state index is 13.1. The summed E-state index contributed by atoms with van der Waals surface area (Å²) in [5.74, 6) is -2.22. The minimum atomic E-state index is -0.833. The molecular weight excluding hydrogens is 562 g/mol. The topological polar surface area (TPSA) is 133 Å². The number of allylic oxidation sites excluding steroid dienone is 8. The van der Waals surface area contributed by atoms with Crippen molar-refractivity contribution in [3.05, 3.63) is 69.4 Å².